The first kappa shape index (κ1) is 9.28. The third-order valence-electron chi connectivity index (χ3n) is 1.29. The summed E-state index contributed by atoms with van der Waals surface area (Å²) in [7, 11) is 0. The van der Waals surface area contributed by atoms with Crippen molar-refractivity contribution in [1.29, 1.82) is 0 Å². The summed E-state index contributed by atoms with van der Waals surface area (Å²) in [4.78, 5) is 3.01. The first-order valence-electron chi connectivity index (χ1n) is 3.93. The van der Waals surface area contributed by atoms with Gasteiger partial charge in [-0.1, -0.05) is 27.7 Å². The molecule has 1 N–H and O–H groups in total. The van der Waals surface area contributed by atoms with E-state index < -0.39 is 0 Å². The minimum atomic E-state index is 0.654. The predicted octanol–water partition coefficient (Wildman–Crippen LogP) is 3.16. The van der Waals surface area contributed by atoms with E-state index in [0.717, 1.165) is 0 Å². The lowest BCUT2D eigenvalue weighted by Crippen LogP contribution is -1.79. The normalized spacial score (nSPS) is 8.90. The second-order valence-corrected chi connectivity index (χ2v) is 2.30. The van der Waals surface area contributed by atoms with Gasteiger partial charge >= 0.3 is 0 Å². The minimum absolute atomic E-state index is 0.654. The highest BCUT2D eigenvalue weighted by Gasteiger charge is 1.94. The number of H-pyrrole nitrogens is 1. The van der Waals surface area contributed by atoms with Crippen LogP contribution in [0.5, 0.6) is 0 Å². The van der Waals surface area contributed by atoms with Gasteiger partial charge in [-0.2, -0.15) is 0 Å². The fourth-order valence-electron chi connectivity index (χ4n) is 0.696. The lowest BCUT2D eigenvalue weighted by molar-refractivity contribution is 0.868. The van der Waals surface area contributed by atoms with Crippen LogP contribution in [0.3, 0.4) is 0 Å². The Hall–Kier alpha value is -0.720. The van der Waals surface area contributed by atoms with Crippen molar-refractivity contribution in [2.75, 3.05) is 0 Å². The Morgan fingerprint density at radius 2 is 1.90 bits per heavy atom. The lowest BCUT2D eigenvalue weighted by Gasteiger charge is -1.96. The van der Waals surface area contributed by atoms with Gasteiger partial charge in [0, 0.05) is 12.4 Å². The van der Waals surface area contributed by atoms with Crippen LogP contribution in [0, 0.1) is 0 Å². The summed E-state index contributed by atoms with van der Waals surface area (Å²) in [6.07, 6.45) is 3.99. The lowest BCUT2D eigenvalue weighted by atomic mass is 10.1. The van der Waals surface area contributed by atoms with E-state index in [4.69, 9.17) is 0 Å². The Kier molecular flexibility index (Phi) is 4.73. The summed E-state index contributed by atoms with van der Waals surface area (Å²) in [5.41, 5.74) is 1.38. The van der Waals surface area contributed by atoms with Gasteiger partial charge in [-0.05, 0) is 17.5 Å². The van der Waals surface area contributed by atoms with Crippen molar-refractivity contribution in [3.05, 3.63) is 24.0 Å². The predicted molar refractivity (Wildman–Crippen MR) is 46.2 cm³/mol. The maximum Gasteiger partial charge on any atom is 0.00399 e. The number of hydrogen-bond acceptors (Lipinski definition) is 0. The summed E-state index contributed by atoms with van der Waals surface area (Å²) in [6, 6.07) is 2.10. The van der Waals surface area contributed by atoms with E-state index in [2.05, 4.69) is 24.9 Å². The zero-order chi connectivity index (χ0) is 7.98. The summed E-state index contributed by atoms with van der Waals surface area (Å²) in [6.45, 7) is 8.37. The minimum Gasteiger partial charge on any atom is -0.367 e. The second kappa shape index (κ2) is 5.10. The molecule has 0 aliphatic heterocycles. The van der Waals surface area contributed by atoms with E-state index in [9.17, 15) is 0 Å². The molecule has 0 amide bonds. The molecule has 1 heterocycles. The van der Waals surface area contributed by atoms with Crippen molar-refractivity contribution >= 4 is 0 Å². The molecule has 0 unspecified atom stereocenters. The van der Waals surface area contributed by atoms with Crippen molar-refractivity contribution in [2.24, 2.45) is 0 Å². The Morgan fingerprint density at radius 3 is 2.10 bits per heavy atom. The molecule has 1 nitrogen and oxygen atoms in total. The molecule has 58 valence electrons. The van der Waals surface area contributed by atoms with Crippen molar-refractivity contribution in [2.45, 2.75) is 33.6 Å². The molecular weight excluding hydrogens is 122 g/mol. The van der Waals surface area contributed by atoms with Gasteiger partial charge in [-0.15, -0.1) is 0 Å². The third kappa shape index (κ3) is 2.72. The summed E-state index contributed by atoms with van der Waals surface area (Å²) in [5, 5.41) is 0. The highest BCUT2D eigenvalue weighted by Crippen LogP contribution is 2.10. The van der Waals surface area contributed by atoms with Gasteiger partial charge in [-0.25, -0.2) is 0 Å². The molecule has 0 saturated carbocycles. The van der Waals surface area contributed by atoms with E-state index in [1.807, 2.05) is 26.2 Å². The van der Waals surface area contributed by atoms with Gasteiger partial charge < -0.3 is 4.98 Å². The summed E-state index contributed by atoms with van der Waals surface area (Å²) < 4.78 is 0. The summed E-state index contributed by atoms with van der Waals surface area (Å²) in [5.74, 6) is 0.654. The topological polar surface area (TPSA) is 15.8 Å². The SMILES string of the molecule is CC.CC(C)c1cc[nH]c1. The zero-order valence-corrected chi connectivity index (χ0v) is 7.31. The van der Waals surface area contributed by atoms with Gasteiger partial charge in [0.25, 0.3) is 0 Å². The molecule has 0 aromatic carbocycles. The molecule has 1 rings (SSSR count). The Balaban J connectivity index is 0.000000371. The maximum absolute atomic E-state index is 3.01. The van der Waals surface area contributed by atoms with Crippen LogP contribution in [0.25, 0.3) is 0 Å². The highest BCUT2D eigenvalue weighted by atomic mass is 14.6. The van der Waals surface area contributed by atoms with Gasteiger partial charge in [-0.3, -0.25) is 0 Å². The molecular formula is C9H17N. The number of nitrogens with one attached hydrogen (secondary N) is 1. The van der Waals surface area contributed by atoms with Crippen molar-refractivity contribution in [3.63, 3.8) is 0 Å². The Labute approximate surface area is 63.5 Å². The van der Waals surface area contributed by atoms with Crippen molar-refractivity contribution < 1.29 is 0 Å². The average molecular weight is 139 g/mol. The van der Waals surface area contributed by atoms with Crippen LogP contribution in [0.2, 0.25) is 0 Å². The number of rotatable bonds is 1. The van der Waals surface area contributed by atoms with Crippen LogP contribution in [-0.4, -0.2) is 4.98 Å². The third-order valence-corrected chi connectivity index (χ3v) is 1.29. The Bertz CT molecular complexity index is 140. The monoisotopic (exact) mass is 139 g/mol. The molecule has 10 heavy (non-hydrogen) atoms. The fraction of sp³-hybridized carbons (Fsp3) is 0.556. The van der Waals surface area contributed by atoms with E-state index in [1.165, 1.54) is 5.56 Å². The number of aromatic nitrogens is 1. The van der Waals surface area contributed by atoms with Gasteiger partial charge in [0.05, 0.1) is 0 Å². The van der Waals surface area contributed by atoms with Gasteiger partial charge in [0.2, 0.25) is 0 Å². The largest absolute Gasteiger partial charge is 0.367 e. The first-order valence-corrected chi connectivity index (χ1v) is 3.93. The molecule has 0 aliphatic rings. The standard InChI is InChI=1S/C7H11N.C2H6/c1-6(2)7-3-4-8-5-7;1-2/h3-6,8H,1-2H3;1-2H3. The molecule has 1 aromatic rings. The highest BCUT2D eigenvalue weighted by molar-refractivity contribution is 5.12. The molecule has 0 atom stereocenters. The average Bonchev–Trinajstić information content (AvgIpc) is 2.42. The van der Waals surface area contributed by atoms with E-state index >= 15 is 0 Å². The zero-order valence-electron chi connectivity index (χ0n) is 7.31. The van der Waals surface area contributed by atoms with Crippen LogP contribution < -0.4 is 0 Å². The van der Waals surface area contributed by atoms with Crippen LogP contribution in [0.15, 0.2) is 18.5 Å². The molecule has 0 fully saturated rings. The molecule has 0 radical (unpaired) electrons. The van der Waals surface area contributed by atoms with Crippen LogP contribution >= 0.6 is 0 Å². The molecule has 0 spiro atoms. The van der Waals surface area contributed by atoms with Crippen molar-refractivity contribution in [3.8, 4) is 0 Å². The van der Waals surface area contributed by atoms with Gasteiger partial charge in [0.1, 0.15) is 0 Å². The molecule has 0 saturated heterocycles. The van der Waals surface area contributed by atoms with Crippen molar-refractivity contribution in [1.82, 2.24) is 4.98 Å². The van der Waals surface area contributed by atoms with Crippen LogP contribution in [0.1, 0.15) is 39.2 Å². The first-order chi connectivity index (χ1) is 4.80. The fourth-order valence-corrected chi connectivity index (χ4v) is 0.696. The van der Waals surface area contributed by atoms with Crippen LogP contribution in [0.4, 0.5) is 0 Å². The summed E-state index contributed by atoms with van der Waals surface area (Å²) >= 11 is 0. The second-order valence-electron chi connectivity index (χ2n) is 2.30. The van der Waals surface area contributed by atoms with Crippen LogP contribution in [-0.2, 0) is 0 Å². The van der Waals surface area contributed by atoms with E-state index in [-0.39, 0.29) is 0 Å². The Morgan fingerprint density at radius 1 is 1.30 bits per heavy atom. The van der Waals surface area contributed by atoms with E-state index in [0.29, 0.717) is 5.92 Å². The number of aromatic amines is 1. The quantitative estimate of drug-likeness (QED) is 0.615. The van der Waals surface area contributed by atoms with Gasteiger partial charge in [0.15, 0.2) is 0 Å². The molecule has 1 heteroatoms. The van der Waals surface area contributed by atoms with E-state index in [1.54, 1.807) is 0 Å². The smallest absolute Gasteiger partial charge is 0.00399 e. The molecule has 0 aliphatic carbocycles. The molecule has 0 bridgehead atoms. The number of hydrogen-bond donors (Lipinski definition) is 1. The molecule has 1 aromatic heterocycles. The maximum atomic E-state index is 3.01.